The number of nitrogens with one attached hydrogen (secondary N) is 1. The summed E-state index contributed by atoms with van der Waals surface area (Å²) >= 11 is 7.70. The van der Waals surface area contributed by atoms with Crippen LogP contribution in [0.25, 0.3) is 0 Å². The van der Waals surface area contributed by atoms with E-state index in [1.807, 2.05) is 38.4 Å². The van der Waals surface area contributed by atoms with E-state index in [1.165, 1.54) is 4.88 Å². The van der Waals surface area contributed by atoms with Gasteiger partial charge in [0.05, 0.1) is 11.6 Å². The molecule has 102 valence electrons. The Bertz CT molecular complexity index is 542. The van der Waals surface area contributed by atoms with Crippen LogP contribution >= 0.6 is 22.9 Å². The van der Waals surface area contributed by atoms with Crippen molar-refractivity contribution < 1.29 is 4.74 Å². The molecule has 0 unspecified atom stereocenters. The first-order valence-electron chi connectivity index (χ1n) is 6.16. The lowest BCUT2D eigenvalue weighted by molar-refractivity contribution is 0.321. The molecule has 0 saturated carbocycles. The molecule has 5 heteroatoms. The van der Waals surface area contributed by atoms with E-state index in [0.29, 0.717) is 6.61 Å². The first-order chi connectivity index (χ1) is 9.19. The highest BCUT2D eigenvalue weighted by molar-refractivity contribution is 7.11. The summed E-state index contributed by atoms with van der Waals surface area (Å²) in [5, 5.41) is 4.99. The largest absolute Gasteiger partial charge is 0.493 e. The third-order valence-corrected chi connectivity index (χ3v) is 4.15. The lowest BCUT2D eigenvalue weighted by atomic mass is 10.2. The highest BCUT2D eigenvalue weighted by Crippen LogP contribution is 2.21. The van der Waals surface area contributed by atoms with Crippen LogP contribution in [0.3, 0.4) is 0 Å². The van der Waals surface area contributed by atoms with E-state index >= 15 is 0 Å². The first kappa shape index (κ1) is 14.3. The van der Waals surface area contributed by atoms with Crippen molar-refractivity contribution in [3.63, 3.8) is 0 Å². The van der Waals surface area contributed by atoms with E-state index in [2.05, 4.69) is 10.3 Å². The van der Waals surface area contributed by atoms with Crippen LogP contribution in [-0.4, -0.2) is 18.6 Å². The molecule has 1 N–H and O–H groups in total. The number of nitrogens with zero attached hydrogens (tertiary/aromatic N) is 1. The summed E-state index contributed by atoms with van der Waals surface area (Å²) in [6, 6.07) is 5.71. The molecule has 0 aliphatic heterocycles. The minimum Gasteiger partial charge on any atom is -0.493 e. The second kappa shape index (κ2) is 6.89. The smallest absolute Gasteiger partial charge is 0.119 e. The fourth-order valence-corrected chi connectivity index (χ4v) is 2.72. The number of hydrogen-bond acceptors (Lipinski definition) is 4. The number of hydrogen-bond donors (Lipinski definition) is 1. The van der Waals surface area contributed by atoms with Crippen LogP contribution in [0, 0.1) is 6.92 Å². The highest BCUT2D eigenvalue weighted by atomic mass is 35.5. The molecule has 0 aliphatic rings. The molecule has 3 nitrogen and oxygen atoms in total. The lowest BCUT2D eigenvalue weighted by Gasteiger charge is -2.06. The monoisotopic (exact) mass is 296 g/mol. The van der Waals surface area contributed by atoms with E-state index in [9.17, 15) is 0 Å². The zero-order valence-corrected chi connectivity index (χ0v) is 12.6. The van der Waals surface area contributed by atoms with Gasteiger partial charge in [-0.1, -0.05) is 11.6 Å². The molecule has 1 aromatic heterocycles. The number of aromatic nitrogens is 1. The standard InChI is InChI=1S/C14H17ClN2OS/c1-10-7-11(3-4-13(10)15)18-6-5-14-17-9-12(19-14)8-16-2/h3-4,7,9,16H,5-6,8H2,1-2H3. The van der Waals surface area contributed by atoms with E-state index in [1.54, 1.807) is 11.3 Å². The van der Waals surface area contributed by atoms with Gasteiger partial charge < -0.3 is 10.1 Å². The summed E-state index contributed by atoms with van der Waals surface area (Å²) < 4.78 is 5.71. The van der Waals surface area contributed by atoms with Crippen LogP contribution in [0.15, 0.2) is 24.4 Å². The van der Waals surface area contributed by atoms with E-state index in [-0.39, 0.29) is 0 Å². The van der Waals surface area contributed by atoms with Gasteiger partial charge in [-0.3, -0.25) is 0 Å². The van der Waals surface area contributed by atoms with Gasteiger partial charge in [0.2, 0.25) is 0 Å². The Morgan fingerprint density at radius 3 is 3.00 bits per heavy atom. The summed E-state index contributed by atoms with van der Waals surface area (Å²) in [5.41, 5.74) is 1.03. The maximum atomic E-state index is 5.97. The van der Waals surface area contributed by atoms with Gasteiger partial charge in [0.15, 0.2) is 0 Å². The molecule has 0 fully saturated rings. The zero-order valence-electron chi connectivity index (χ0n) is 11.1. The fourth-order valence-electron chi connectivity index (χ4n) is 1.68. The Hall–Kier alpha value is -1.10. The predicted molar refractivity (Wildman–Crippen MR) is 80.3 cm³/mol. The molecule has 0 radical (unpaired) electrons. The van der Waals surface area contributed by atoms with Crippen LogP contribution in [0.4, 0.5) is 0 Å². The molecule has 0 saturated heterocycles. The minimum absolute atomic E-state index is 0.633. The van der Waals surface area contributed by atoms with Crippen molar-refractivity contribution >= 4 is 22.9 Å². The molecule has 0 amide bonds. The van der Waals surface area contributed by atoms with Crippen molar-refractivity contribution in [1.82, 2.24) is 10.3 Å². The van der Waals surface area contributed by atoms with E-state index in [0.717, 1.165) is 34.3 Å². The number of benzene rings is 1. The van der Waals surface area contributed by atoms with Crippen molar-refractivity contribution in [2.75, 3.05) is 13.7 Å². The Balaban J connectivity index is 1.83. The van der Waals surface area contributed by atoms with E-state index < -0.39 is 0 Å². The van der Waals surface area contributed by atoms with E-state index in [4.69, 9.17) is 16.3 Å². The molecule has 19 heavy (non-hydrogen) atoms. The van der Waals surface area contributed by atoms with Gasteiger partial charge in [0.1, 0.15) is 5.75 Å². The van der Waals surface area contributed by atoms with Gasteiger partial charge in [-0.25, -0.2) is 4.98 Å². The number of ether oxygens (including phenoxy) is 1. The van der Waals surface area contributed by atoms with Crippen LogP contribution in [-0.2, 0) is 13.0 Å². The number of aryl methyl sites for hydroxylation is 1. The molecule has 2 rings (SSSR count). The molecule has 1 aromatic carbocycles. The van der Waals surface area contributed by atoms with Gasteiger partial charge in [0, 0.05) is 29.1 Å². The third-order valence-electron chi connectivity index (χ3n) is 2.67. The summed E-state index contributed by atoms with van der Waals surface area (Å²) in [5.74, 6) is 0.855. The Labute approximate surface area is 122 Å². The van der Waals surface area contributed by atoms with Gasteiger partial charge >= 0.3 is 0 Å². The Kier molecular flexibility index (Phi) is 5.19. The van der Waals surface area contributed by atoms with Crippen molar-refractivity contribution in [2.24, 2.45) is 0 Å². The van der Waals surface area contributed by atoms with Crippen molar-refractivity contribution in [3.8, 4) is 5.75 Å². The second-order valence-electron chi connectivity index (χ2n) is 4.26. The summed E-state index contributed by atoms with van der Waals surface area (Å²) in [7, 11) is 1.94. The summed E-state index contributed by atoms with van der Waals surface area (Å²) in [6.07, 6.45) is 2.75. The maximum Gasteiger partial charge on any atom is 0.119 e. The quantitative estimate of drug-likeness (QED) is 0.886. The molecule has 0 aliphatic carbocycles. The van der Waals surface area contributed by atoms with Crippen molar-refractivity contribution in [2.45, 2.75) is 19.9 Å². The first-order valence-corrected chi connectivity index (χ1v) is 7.35. The zero-order chi connectivity index (χ0) is 13.7. The molecule has 0 bridgehead atoms. The molecule has 0 spiro atoms. The lowest BCUT2D eigenvalue weighted by Crippen LogP contribution is -2.02. The van der Waals surface area contributed by atoms with Gasteiger partial charge in [0.25, 0.3) is 0 Å². The van der Waals surface area contributed by atoms with Crippen molar-refractivity contribution in [1.29, 1.82) is 0 Å². The Morgan fingerprint density at radius 2 is 2.26 bits per heavy atom. The minimum atomic E-state index is 0.633. The average Bonchev–Trinajstić information content (AvgIpc) is 2.82. The fraction of sp³-hybridized carbons (Fsp3) is 0.357. The summed E-state index contributed by atoms with van der Waals surface area (Å²) in [4.78, 5) is 5.62. The Morgan fingerprint density at radius 1 is 1.42 bits per heavy atom. The van der Waals surface area contributed by atoms with Crippen LogP contribution in [0.5, 0.6) is 5.75 Å². The SMILES string of the molecule is CNCc1cnc(CCOc2ccc(Cl)c(C)c2)s1. The molecule has 1 heterocycles. The molecular formula is C14H17ClN2OS. The second-order valence-corrected chi connectivity index (χ2v) is 5.87. The van der Waals surface area contributed by atoms with Gasteiger partial charge in [-0.05, 0) is 37.7 Å². The normalized spacial score (nSPS) is 10.7. The number of rotatable bonds is 6. The van der Waals surface area contributed by atoms with Gasteiger partial charge in [-0.2, -0.15) is 0 Å². The molecular weight excluding hydrogens is 280 g/mol. The molecule has 0 atom stereocenters. The van der Waals surface area contributed by atoms with Gasteiger partial charge in [-0.15, -0.1) is 11.3 Å². The highest BCUT2D eigenvalue weighted by Gasteiger charge is 2.03. The average molecular weight is 297 g/mol. The topological polar surface area (TPSA) is 34.2 Å². The molecule has 2 aromatic rings. The number of thiazole rings is 1. The van der Waals surface area contributed by atoms with Crippen LogP contribution in [0.1, 0.15) is 15.4 Å². The van der Waals surface area contributed by atoms with Crippen LogP contribution < -0.4 is 10.1 Å². The van der Waals surface area contributed by atoms with Crippen molar-refractivity contribution in [3.05, 3.63) is 44.9 Å². The predicted octanol–water partition coefficient (Wildman–Crippen LogP) is 3.45. The number of halogens is 1. The van der Waals surface area contributed by atoms with Crippen LogP contribution in [0.2, 0.25) is 5.02 Å². The third kappa shape index (κ3) is 4.20. The maximum absolute atomic E-state index is 5.97. The summed E-state index contributed by atoms with van der Waals surface area (Å²) in [6.45, 7) is 3.47.